The van der Waals surface area contributed by atoms with Crippen LogP contribution >= 0.6 is 11.6 Å². The molecule has 0 saturated carbocycles. The molecule has 0 aromatic carbocycles. The summed E-state index contributed by atoms with van der Waals surface area (Å²) >= 11 is 6.03. The van der Waals surface area contributed by atoms with Gasteiger partial charge in [0.2, 0.25) is 0 Å². The Hall–Kier alpha value is -1.59. The Morgan fingerprint density at radius 3 is 3.19 bits per heavy atom. The van der Waals surface area contributed by atoms with Gasteiger partial charge in [0.1, 0.15) is 5.69 Å². The van der Waals surface area contributed by atoms with Gasteiger partial charge in [0, 0.05) is 31.5 Å². The van der Waals surface area contributed by atoms with E-state index in [2.05, 4.69) is 15.2 Å². The largest absolute Gasteiger partial charge is 0.347 e. The van der Waals surface area contributed by atoms with Crippen LogP contribution in [0.3, 0.4) is 0 Å². The molecule has 0 aliphatic carbocycles. The lowest BCUT2D eigenvalue weighted by atomic mass is 9.97. The number of amides is 1. The molecule has 4 rings (SSSR count). The number of rotatable bonds is 2. The number of hydrogen-bond acceptors (Lipinski definition) is 3. The third-order valence-corrected chi connectivity index (χ3v) is 4.85. The fourth-order valence-electron chi connectivity index (χ4n) is 3.51. The van der Waals surface area contributed by atoms with Crippen LogP contribution in [0.1, 0.15) is 23.3 Å². The zero-order valence-electron chi connectivity index (χ0n) is 11.6. The average Bonchev–Trinajstić information content (AvgIpc) is 3.02. The molecule has 2 aromatic heterocycles. The normalized spacial score (nSPS) is 28.0. The summed E-state index contributed by atoms with van der Waals surface area (Å²) in [6.45, 7) is 3.32. The zero-order chi connectivity index (χ0) is 14.4. The minimum atomic E-state index is -0.103. The predicted molar refractivity (Wildman–Crippen MR) is 80.6 cm³/mol. The molecule has 6 heteroatoms. The van der Waals surface area contributed by atoms with Gasteiger partial charge in [0.25, 0.3) is 5.91 Å². The topological polar surface area (TPSA) is 49.6 Å². The smallest absolute Gasteiger partial charge is 0.271 e. The van der Waals surface area contributed by atoms with Crippen molar-refractivity contribution in [1.29, 1.82) is 0 Å². The zero-order valence-corrected chi connectivity index (χ0v) is 12.4. The molecule has 2 unspecified atom stereocenters. The number of piperidine rings is 1. The van der Waals surface area contributed by atoms with Crippen LogP contribution in [-0.4, -0.2) is 45.9 Å². The molecular weight excluding hydrogens is 288 g/mol. The van der Waals surface area contributed by atoms with E-state index < -0.39 is 0 Å². The minimum absolute atomic E-state index is 0.103. The van der Waals surface area contributed by atoms with Crippen LogP contribution in [0.25, 0.3) is 5.52 Å². The molecule has 1 amide bonds. The van der Waals surface area contributed by atoms with E-state index in [4.69, 9.17) is 11.6 Å². The van der Waals surface area contributed by atoms with Crippen LogP contribution in [0.2, 0.25) is 5.02 Å². The summed E-state index contributed by atoms with van der Waals surface area (Å²) in [5.74, 6) is 0.636. The lowest BCUT2D eigenvalue weighted by Crippen LogP contribution is -2.47. The molecule has 2 aliphatic rings. The number of hydrogen-bond donors (Lipinski definition) is 1. The fraction of sp³-hybridized carbons (Fsp3) is 0.467. The summed E-state index contributed by atoms with van der Waals surface area (Å²) in [5.41, 5.74) is 1.25. The molecule has 3 atom stereocenters. The molecule has 2 aliphatic heterocycles. The van der Waals surface area contributed by atoms with Gasteiger partial charge in [-0.3, -0.25) is 4.79 Å². The van der Waals surface area contributed by atoms with Gasteiger partial charge in [-0.1, -0.05) is 11.6 Å². The second-order valence-electron chi connectivity index (χ2n) is 6.05. The first kappa shape index (κ1) is 13.1. The molecule has 2 aromatic rings. The molecule has 2 fully saturated rings. The van der Waals surface area contributed by atoms with E-state index in [-0.39, 0.29) is 11.9 Å². The Balaban J connectivity index is 1.50. The van der Waals surface area contributed by atoms with Gasteiger partial charge in [-0.05, 0) is 31.4 Å². The van der Waals surface area contributed by atoms with Crippen molar-refractivity contribution in [3.05, 3.63) is 35.4 Å². The minimum Gasteiger partial charge on any atom is -0.347 e. The standard InChI is InChI=1S/C15H17ClN4O/c16-12-2-4-20-9-13(17-6-14(12)20)15(21)18-11-5-10-1-3-19(7-10)8-11/h2,4,6,9-11H,1,3,5,7-8H2,(H,18,21)/t10?,11-/m1/s1. The maximum atomic E-state index is 12.4. The second kappa shape index (κ2) is 5.00. The van der Waals surface area contributed by atoms with Crippen molar-refractivity contribution in [3.63, 3.8) is 0 Å². The molecule has 0 radical (unpaired) electrons. The number of nitrogens with one attached hydrogen (secondary N) is 1. The van der Waals surface area contributed by atoms with Crippen LogP contribution in [-0.2, 0) is 0 Å². The quantitative estimate of drug-likeness (QED) is 0.920. The molecule has 5 nitrogen and oxygen atoms in total. The van der Waals surface area contributed by atoms with E-state index in [1.807, 2.05) is 10.6 Å². The fourth-order valence-corrected chi connectivity index (χ4v) is 3.71. The van der Waals surface area contributed by atoms with Gasteiger partial charge in [-0.15, -0.1) is 0 Å². The summed E-state index contributed by atoms with van der Waals surface area (Å²) in [7, 11) is 0. The molecule has 2 bridgehead atoms. The number of halogens is 1. The van der Waals surface area contributed by atoms with Gasteiger partial charge in [0.15, 0.2) is 0 Å². The van der Waals surface area contributed by atoms with E-state index in [1.54, 1.807) is 18.5 Å². The SMILES string of the molecule is O=C(N[C@@H]1CC2CCN(C2)C1)c1cn2ccc(Cl)c2cn1. The lowest BCUT2D eigenvalue weighted by molar-refractivity contribution is 0.0904. The van der Waals surface area contributed by atoms with Crippen molar-refractivity contribution in [2.24, 2.45) is 5.92 Å². The molecule has 0 spiro atoms. The Bertz CT molecular complexity index is 686. The van der Waals surface area contributed by atoms with Crippen molar-refractivity contribution >= 4 is 23.0 Å². The van der Waals surface area contributed by atoms with E-state index in [0.29, 0.717) is 10.7 Å². The highest BCUT2D eigenvalue weighted by atomic mass is 35.5. The average molecular weight is 305 g/mol. The molecule has 4 heterocycles. The highest BCUT2D eigenvalue weighted by molar-refractivity contribution is 6.33. The van der Waals surface area contributed by atoms with E-state index >= 15 is 0 Å². The summed E-state index contributed by atoms with van der Waals surface area (Å²) in [6.07, 6.45) is 7.56. The monoisotopic (exact) mass is 304 g/mol. The van der Waals surface area contributed by atoms with Crippen molar-refractivity contribution in [2.45, 2.75) is 18.9 Å². The van der Waals surface area contributed by atoms with Crippen LogP contribution in [0.15, 0.2) is 24.7 Å². The number of carbonyl (C=O) groups excluding carboxylic acids is 1. The molecule has 110 valence electrons. The van der Waals surface area contributed by atoms with Gasteiger partial charge >= 0.3 is 0 Å². The Kier molecular flexibility index (Phi) is 3.12. The number of nitrogens with zero attached hydrogens (tertiary/aromatic N) is 3. The molecule has 2 saturated heterocycles. The van der Waals surface area contributed by atoms with Crippen molar-refractivity contribution < 1.29 is 4.79 Å². The Morgan fingerprint density at radius 1 is 1.43 bits per heavy atom. The summed E-state index contributed by atoms with van der Waals surface area (Å²) in [4.78, 5) is 19.0. The van der Waals surface area contributed by atoms with Crippen molar-refractivity contribution in [2.75, 3.05) is 19.6 Å². The number of aromatic nitrogens is 2. The maximum Gasteiger partial charge on any atom is 0.271 e. The maximum absolute atomic E-state index is 12.4. The van der Waals surface area contributed by atoms with Gasteiger partial charge in [-0.2, -0.15) is 0 Å². The summed E-state index contributed by atoms with van der Waals surface area (Å²) in [5, 5.41) is 3.76. The van der Waals surface area contributed by atoms with E-state index in [0.717, 1.165) is 24.4 Å². The third-order valence-electron chi connectivity index (χ3n) is 4.53. The first-order chi connectivity index (χ1) is 10.2. The Labute approximate surface area is 127 Å². The molecular formula is C15H17ClN4O. The molecule has 21 heavy (non-hydrogen) atoms. The van der Waals surface area contributed by atoms with Crippen LogP contribution in [0.5, 0.6) is 0 Å². The van der Waals surface area contributed by atoms with Crippen molar-refractivity contribution in [1.82, 2.24) is 19.6 Å². The van der Waals surface area contributed by atoms with E-state index in [1.165, 1.54) is 19.5 Å². The van der Waals surface area contributed by atoms with Crippen molar-refractivity contribution in [3.8, 4) is 0 Å². The van der Waals surface area contributed by atoms with Gasteiger partial charge < -0.3 is 14.6 Å². The van der Waals surface area contributed by atoms with Crippen LogP contribution in [0, 0.1) is 5.92 Å². The summed E-state index contributed by atoms with van der Waals surface area (Å²) in [6, 6.07) is 2.04. The van der Waals surface area contributed by atoms with E-state index in [9.17, 15) is 4.79 Å². The number of carbonyl (C=O) groups is 1. The highest BCUT2D eigenvalue weighted by Crippen LogP contribution is 2.26. The molecule has 1 N–H and O–H groups in total. The first-order valence-corrected chi connectivity index (χ1v) is 7.72. The second-order valence-corrected chi connectivity index (χ2v) is 6.46. The lowest BCUT2D eigenvalue weighted by Gasteiger charge is -2.30. The summed E-state index contributed by atoms with van der Waals surface area (Å²) < 4.78 is 1.83. The van der Waals surface area contributed by atoms with Gasteiger partial charge in [-0.25, -0.2) is 4.98 Å². The van der Waals surface area contributed by atoms with Crippen LogP contribution in [0.4, 0.5) is 0 Å². The van der Waals surface area contributed by atoms with Crippen LogP contribution < -0.4 is 5.32 Å². The number of fused-ring (bicyclic) bond motifs is 3. The highest BCUT2D eigenvalue weighted by Gasteiger charge is 2.33. The predicted octanol–water partition coefficient (Wildman–Crippen LogP) is 1.81. The Morgan fingerprint density at radius 2 is 2.33 bits per heavy atom. The van der Waals surface area contributed by atoms with Gasteiger partial charge in [0.05, 0.1) is 16.7 Å². The third kappa shape index (κ3) is 2.40. The first-order valence-electron chi connectivity index (χ1n) is 7.34.